The topological polar surface area (TPSA) is 101 Å². The van der Waals surface area contributed by atoms with Crippen LogP contribution in [0.3, 0.4) is 0 Å². The minimum Gasteiger partial charge on any atom is -0.296 e. The van der Waals surface area contributed by atoms with Crippen molar-refractivity contribution in [2.45, 2.75) is 17.0 Å². The number of rotatable bonds is 6. The fourth-order valence-electron chi connectivity index (χ4n) is 2.70. The zero-order valence-corrected chi connectivity index (χ0v) is 18.7. The number of benzene rings is 2. The molecule has 4 rings (SSSR count). The second-order valence-electron chi connectivity index (χ2n) is 6.52. The van der Waals surface area contributed by atoms with Gasteiger partial charge in [0, 0.05) is 11.3 Å². The second-order valence-corrected chi connectivity index (χ2v) is 9.73. The predicted molar refractivity (Wildman–Crippen MR) is 124 cm³/mol. The molecule has 1 saturated heterocycles. The molecule has 3 amide bonds. The maximum absolute atomic E-state index is 12.5. The van der Waals surface area contributed by atoms with E-state index in [0.717, 1.165) is 27.4 Å². The summed E-state index contributed by atoms with van der Waals surface area (Å²) in [5, 5.41) is 13.2. The maximum atomic E-state index is 12.5. The molecule has 10 heteroatoms. The lowest BCUT2D eigenvalue weighted by Crippen LogP contribution is -2.17. The van der Waals surface area contributed by atoms with Gasteiger partial charge in [0.25, 0.3) is 17.1 Å². The van der Waals surface area contributed by atoms with Crippen LogP contribution in [0.2, 0.25) is 0 Å². The maximum Gasteiger partial charge on any atom is 0.290 e. The van der Waals surface area contributed by atoms with Gasteiger partial charge in [-0.1, -0.05) is 59.5 Å². The van der Waals surface area contributed by atoms with Gasteiger partial charge in [0.15, 0.2) is 4.34 Å². The summed E-state index contributed by atoms with van der Waals surface area (Å²) in [5.74, 6) is 0.0758. The molecule has 1 fully saturated rings. The second kappa shape index (κ2) is 9.46. The van der Waals surface area contributed by atoms with Gasteiger partial charge in [-0.25, -0.2) is 0 Å². The van der Waals surface area contributed by atoms with Gasteiger partial charge in [-0.2, -0.15) is 0 Å². The molecular formula is C21H16N4O3S3. The smallest absolute Gasteiger partial charge is 0.290 e. The Morgan fingerprint density at radius 3 is 2.61 bits per heavy atom. The van der Waals surface area contributed by atoms with Crippen molar-refractivity contribution in [3.05, 3.63) is 75.7 Å². The van der Waals surface area contributed by atoms with Crippen molar-refractivity contribution in [3.63, 3.8) is 0 Å². The SMILES string of the molecule is Cc1ccccc1CSc1nnc(NC(=O)c2ccc(/C=C3/SC(=O)NC3=O)cc2)s1. The summed E-state index contributed by atoms with van der Waals surface area (Å²) in [7, 11) is 0. The molecule has 31 heavy (non-hydrogen) atoms. The van der Waals surface area contributed by atoms with Crippen LogP contribution in [0.5, 0.6) is 0 Å². The molecule has 0 aliphatic carbocycles. The number of carbonyl (C=O) groups is 3. The molecule has 2 heterocycles. The number of imide groups is 1. The zero-order chi connectivity index (χ0) is 21.8. The monoisotopic (exact) mass is 468 g/mol. The average Bonchev–Trinajstić information content (AvgIpc) is 3.33. The van der Waals surface area contributed by atoms with E-state index in [2.05, 4.69) is 39.9 Å². The van der Waals surface area contributed by atoms with Gasteiger partial charge in [-0.15, -0.1) is 10.2 Å². The molecule has 2 aromatic carbocycles. The summed E-state index contributed by atoms with van der Waals surface area (Å²) in [5.41, 5.74) is 3.63. The first-order valence-corrected chi connectivity index (χ1v) is 11.8. The van der Waals surface area contributed by atoms with Gasteiger partial charge >= 0.3 is 0 Å². The third kappa shape index (κ3) is 5.40. The normalized spacial score (nSPS) is 14.7. The van der Waals surface area contributed by atoms with Crippen molar-refractivity contribution in [1.29, 1.82) is 0 Å². The van der Waals surface area contributed by atoms with Crippen molar-refractivity contribution in [2.24, 2.45) is 0 Å². The van der Waals surface area contributed by atoms with Crippen molar-refractivity contribution < 1.29 is 14.4 Å². The van der Waals surface area contributed by atoms with Gasteiger partial charge in [0.2, 0.25) is 5.13 Å². The van der Waals surface area contributed by atoms with Crippen LogP contribution in [-0.2, 0) is 10.5 Å². The summed E-state index contributed by atoms with van der Waals surface area (Å²) in [4.78, 5) is 35.7. The van der Waals surface area contributed by atoms with E-state index < -0.39 is 5.91 Å². The largest absolute Gasteiger partial charge is 0.296 e. The third-order valence-electron chi connectivity index (χ3n) is 4.35. The van der Waals surface area contributed by atoms with E-state index in [9.17, 15) is 14.4 Å². The number of anilines is 1. The Bertz CT molecular complexity index is 1190. The quantitative estimate of drug-likeness (QED) is 0.307. The lowest BCUT2D eigenvalue weighted by atomic mass is 10.1. The highest BCUT2D eigenvalue weighted by molar-refractivity contribution is 8.18. The van der Waals surface area contributed by atoms with E-state index >= 15 is 0 Å². The van der Waals surface area contributed by atoms with Crippen molar-refractivity contribution in [1.82, 2.24) is 15.5 Å². The van der Waals surface area contributed by atoms with E-state index in [1.807, 2.05) is 12.1 Å². The number of nitrogens with one attached hydrogen (secondary N) is 2. The van der Waals surface area contributed by atoms with Crippen LogP contribution < -0.4 is 10.6 Å². The fourth-order valence-corrected chi connectivity index (χ4v) is 5.21. The Morgan fingerprint density at radius 1 is 1.13 bits per heavy atom. The Morgan fingerprint density at radius 2 is 1.90 bits per heavy atom. The standard InChI is InChI=1S/C21H16N4O3S3/c1-12-4-2-3-5-15(12)11-29-21-25-24-19(31-21)22-17(26)14-8-6-13(7-9-14)10-16-18(27)23-20(28)30-16/h2-10H,11H2,1H3,(H,22,24,26)(H,23,27,28)/b16-10+. The predicted octanol–water partition coefficient (Wildman–Crippen LogP) is 4.72. The fraction of sp³-hybridized carbons (Fsp3) is 0.0952. The average molecular weight is 469 g/mol. The first kappa shape index (κ1) is 21.3. The minimum absolute atomic E-state index is 0.297. The molecule has 0 atom stereocenters. The number of aryl methyl sites for hydroxylation is 1. The number of amides is 3. The van der Waals surface area contributed by atoms with Crippen LogP contribution in [0.1, 0.15) is 27.0 Å². The number of nitrogens with zero attached hydrogens (tertiary/aromatic N) is 2. The van der Waals surface area contributed by atoms with Gasteiger partial charge in [-0.05, 0) is 53.6 Å². The molecule has 156 valence electrons. The molecule has 7 nitrogen and oxygen atoms in total. The van der Waals surface area contributed by atoms with E-state index in [4.69, 9.17) is 0 Å². The van der Waals surface area contributed by atoms with Crippen LogP contribution in [0.15, 0.2) is 57.8 Å². The van der Waals surface area contributed by atoms with E-state index in [1.165, 1.54) is 22.5 Å². The summed E-state index contributed by atoms with van der Waals surface area (Å²) in [6.07, 6.45) is 1.61. The molecule has 1 aliphatic rings. The van der Waals surface area contributed by atoms with Gasteiger partial charge in [0.05, 0.1) is 4.91 Å². The van der Waals surface area contributed by atoms with Gasteiger partial charge in [-0.3, -0.25) is 25.0 Å². The number of hydrogen-bond donors (Lipinski definition) is 2. The lowest BCUT2D eigenvalue weighted by molar-refractivity contribution is -0.115. The first-order chi connectivity index (χ1) is 15.0. The van der Waals surface area contributed by atoms with Crippen LogP contribution in [-0.4, -0.2) is 27.3 Å². The molecule has 0 spiro atoms. The van der Waals surface area contributed by atoms with E-state index in [0.29, 0.717) is 15.6 Å². The molecule has 1 aromatic heterocycles. The highest BCUT2D eigenvalue weighted by Gasteiger charge is 2.24. The summed E-state index contributed by atoms with van der Waals surface area (Å²) in [6, 6.07) is 14.9. The molecule has 0 saturated carbocycles. The van der Waals surface area contributed by atoms with E-state index in [-0.39, 0.29) is 11.1 Å². The first-order valence-electron chi connectivity index (χ1n) is 9.15. The van der Waals surface area contributed by atoms with Crippen LogP contribution >= 0.6 is 34.9 Å². The molecule has 3 aromatic rings. The number of carbonyl (C=O) groups excluding carboxylic acids is 3. The third-order valence-corrected chi connectivity index (χ3v) is 7.18. The molecular weight excluding hydrogens is 452 g/mol. The number of hydrogen-bond acceptors (Lipinski definition) is 8. The van der Waals surface area contributed by atoms with Crippen molar-refractivity contribution in [3.8, 4) is 0 Å². The highest BCUT2D eigenvalue weighted by atomic mass is 32.2. The molecule has 0 unspecified atom stereocenters. The number of aromatic nitrogens is 2. The Kier molecular flexibility index (Phi) is 6.50. The number of thioether (sulfide) groups is 2. The lowest BCUT2D eigenvalue weighted by Gasteiger charge is -2.03. The van der Waals surface area contributed by atoms with E-state index in [1.54, 1.807) is 42.1 Å². The summed E-state index contributed by atoms with van der Waals surface area (Å²) < 4.78 is 0.780. The summed E-state index contributed by atoms with van der Waals surface area (Å²) in [6.45, 7) is 2.07. The van der Waals surface area contributed by atoms with Crippen LogP contribution in [0, 0.1) is 6.92 Å². The van der Waals surface area contributed by atoms with Gasteiger partial charge in [0.1, 0.15) is 0 Å². The molecule has 0 radical (unpaired) electrons. The zero-order valence-electron chi connectivity index (χ0n) is 16.2. The van der Waals surface area contributed by atoms with Crippen LogP contribution in [0.25, 0.3) is 6.08 Å². The Balaban J connectivity index is 1.35. The molecule has 2 N–H and O–H groups in total. The van der Waals surface area contributed by atoms with Crippen molar-refractivity contribution >= 4 is 63.1 Å². The van der Waals surface area contributed by atoms with Crippen LogP contribution in [0.4, 0.5) is 9.93 Å². The Labute approximate surface area is 190 Å². The minimum atomic E-state index is -0.413. The Hall–Kier alpha value is -2.95. The molecule has 0 bridgehead atoms. The van der Waals surface area contributed by atoms with Crippen molar-refractivity contribution in [2.75, 3.05) is 5.32 Å². The summed E-state index contributed by atoms with van der Waals surface area (Å²) >= 11 is 3.76. The molecule has 1 aliphatic heterocycles. The highest BCUT2D eigenvalue weighted by Crippen LogP contribution is 2.29. The van der Waals surface area contributed by atoms with Gasteiger partial charge < -0.3 is 0 Å².